The van der Waals surface area contributed by atoms with Gasteiger partial charge in [0.05, 0.1) is 5.69 Å². The van der Waals surface area contributed by atoms with Gasteiger partial charge in [-0.25, -0.2) is 4.39 Å². The van der Waals surface area contributed by atoms with Crippen molar-refractivity contribution in [2.75, 3.05) is 5.32 Å². The van der Waals surface area contributed by atoms with E-state index in [0.29, 0.717) is 11.3 Å². The fourth-order valence-electron chi connectivity index (χ4n) is 4.52. The van der Waals surface area contributed by atoms with E-state index < -0.39 is 5.41 Å². The van der Waals surface area contributed by atoms with Gasteiger partial charge in [-0.05, 0) is 55.0 Å². The van der Waals surface area contributed by atoms with Crippen molar-refractivity contribution >= 4 is 11.6 Å². The summed E-state index contributed by atoms with van der Waals surface area (Å²) >= 11 is 0. The second kappa shape index (κ2) is 5.33. The summed E-state index contributed by atoms with van der Waals surface area (Å²) in [5.41, 5.74) is 2.04. The lowest BCUT2D eigenvalue weighted by Gasteiger charge is -2.34. The SMILES string of the molecule is Cc1c(F)ccc2c1NC(=O)C2(c1ccc(O)cc1)C1CCCC1. The maximum Gasteiger partial charge on any atom is 0.239 e. The van der Waals surface area contributed by atoms with Crippen molar-refractivity contribution in [2.45, 2.75) is 38.0 Å². The number of rotatable bonds is 2. The molecule has 3 nitrogen and oxygen atoms in total. The van der Waals surface area contributed by atoms with Gasteiger partial charge in [-0.3, -0.25) is 4.79 Å². The Labute approximate surface area is 140 Å². The highest BCUT2D eigenvalue weighted by molar-refractivity contribution is 6.09. The number of hydrogen-bond acceptors (Lipinski definition) is 2. The summed E-state index contributed by atoms with van der Waals surface area (Å²) in [6, 6.07) is 10.1. The first-order chi connectivity index (χ1) is 11.5. The third-order valence-corrected chi connectivity index (χ3v) is 5.71. The number of carbonyl (C=O) groups excluding carboxylic acids is 1. The Hall–Kier alpha value is -2.36. The summed E-state index contributed by atoms with van der Waals surface area (Å²) in [4.78, 5) is 13.2. The number of phenolic OH excluding ortho intramolecular Hbond substituents is 1. The molecule has 1 aliphatic carbocycles. The van der Waals surface area contributed by atoms with Crippen molar-refractivity contribution in [3.63, 3.8) is 0 Å². The molecule has 1 saturated carbocycles. The average molecular weight is 325 g/mol. The van der Waals surface area contributed by atoms with Gasteiger partial charge in [0.25, 0.3) is 0 Å². The number of carbonyl (C=O) groups is 1. The molecule has 2 aromatic carbocycles. The van der Waals surface area contributed by atoms with Gasteiger partial charge < -0.3 is 10.4 Å². The molecule has 1 aliphatic heterocycles. The Kier molecular flexibility index (Phi) is 3.37. The number of anilines is 1. The summed E-state index contributed by atoms with van der Waals surface area (Å²) in [6.45, 7) is 1.70. The van der Waals surface area contributed by atoms with Crippen LogP contribution in [0.25, 0.3) is 0 Å². The van der Waals surface area contributed by atoms with E-state index in [9.17, 15) is 14.3 Å². The van der Waals surface area contributed by atoms with Gasteiger partial charge in [0.2, 0.25) is 5.91 Å². The molecule has 124 valence electrons. The number of hydrogen-bond donors (Lipinski definition) is 2. The van der Waals surface area contributed by atoms with Crippen LogP contribution < -0.4 is 5.32 Å². The molecule has 24 heavy (non-hydrogen) atoms. The van der Waals surface area contributed by atoms with Crippen LogP contribution in [0.5, 0.6) is 5.75 Å². The van der Waals surface area contributed by atoms with Gasteiger partial charge in [-0.2, -0.15) is 0 Å². The molecule has 0 bridgehead atoms. The third-order valence-electron chi connectivity index (χ3n) is 5.71. The van der Waals surface area contributed by atoms with Crippen molar-refractivity contribution < 1.29 is 14.3 Å². The zero-order chi connectivity index (χ0) is 16.9. The second-order valence-corrected chi connectivity index (χ2v) is 6.89. The molecule has 1 amide bonds. The minimum atomic E-state index is -0.794. The van der Waals surface area contributed by atoms with Gasteiger partial charge in [0.15, 0.2) is 0 Å². The molecule has 0 aromatic heterocycles. The zero-order valence-corrected chi connectivity index (χ0v) is 13.6. The van der Waals surface area contributed by atoms with E-state index in [1.54, 1.807) is 25.1 Å². The van der Waals surface area contributed by atoms with Crippen LogP contribution in [-0.4, -0.2) is 11.0 Å². The molecule has 1 fully saturated rings. The fraction of sp³-hybridized carbons (Fsp3) is 0.350. The Bertz CT molecular complexity index is 809. The highest BCUT2D eigenvalue weighted by atomic mass is 19.1. The molecule has 1 atom stereocenters. The molecule has 2 N–H and O–H groups in total. The first kappa shape index (κ1) is 15.2. The lowest BCUT2D eigenvalue weighted by atomic mass is 9.65. The summed E-state index contributed by atoms with van der Waals surface area (Å²) in [7, 11) is 0. The molecule has 0 saturated heterocycles. The van der Waals surface area contributed by atoms with E-state index in [2.05, 4.69) is 5.32 Å². The van der Waals surface area contributed by atoms with E-state index in [1.165, 1.54) is 6.07 Å². The summed E-state index contributed by atoms with van der Waals surface area (Å²) < 4.78 is 14.0. The van der Waals surface area contributed by atoms with E-state index in [0.717, 1.165) is 36.8 Å². The van der Waals surface area contributed by atoms with Crippen LogP contribution in [0.15, 0.2) is 36.4 Å². The van der Waals surface area contributed by atoms with Crippen LogP contribution >= 0.6 is 0 Å². The number of phenols is 1. The average Bonchev–Trinajstić information content (AvgIpc) is 3.19. The lowest BCUT2D eigenvalue weighted by Crippen LogP contribution is -2.42. The van der Waals surface area contributed by atoms with Crippen molar-refractivity contribution in [3.8, 4) is 5.75 Å². The summed E-state index contributed by atoms with van der Waals surface area (Å²) in [5.74, 6) is -0.0202. The number of nitrogens with one attached hydrogen (secondary N) is 1. The number of halogens is 1. The molecule has 1 unspecified atom stereocenters. The van der Waals surface area contributed by atoms with Crippen LogP contribution in [0.1, 0.15) is 42.4 Å². The molecule has 2 aromatic rings. The predicted molar refractivity (Wildman–Crippen MR) is 90.6 cm³/mol. The van der Waals surface area contributed by atoms with Crippen LogP contribution in [0, 0.1) is 18.7 Å². The molecule has 2 aliphatic rings. The highest BCUT2D eigenvalue weighted by Gasteiger charge is 2.54. The van der Waals surface area contributed by atoms with Gasteiger partial charge in [0, 0.05) is 5.56 Å². The minimum Gasteiger partial charge on any atom is -0.508 e. The second-order valence-electron chi connectivity index (χ2n) is 6.89. The molecule has 1 heterocycles. The number of fused-ring (bicyclic) bond motifs is 1. The maximum atomic E-state index is 14.0. The maximum absolute atomic E-state index is 14.0. The van der Waals surface area contributed by atoms with E-state index in [4.69, 9.17) is 0 Å². The van der Waals surface area contributed by atoms with Gasteiger partial charge in [-0.1, -0.05) is 31.0 Å². The number of benzene rings is 2. The topological polar surface area (TPSA) is 49.3 Å². The third kappa shape index (κ3) is 1.92. The summed E-state index contributed by atoms with van der Waals surface area (Å²) in [5, 5.41) is 12.6. The fourth-order valence-corrected chi connectivity index (χ4v) is 4.52. The number of aromatic hydroxyl groups is 1. The van der Waals surface area contributed by atoms with Crippen LogP contribution in [0.2, 0.25) is 0 Å². The minimum absolute atomic E-state index is 0.0798. The quantitative estimate of drug-likeness (QED) is 0.866. The zero-order valence-electron chi connectivity index (χ0n) is 13.6. The standard InChI is InChI=1S/C20H20FNO2/c1-12-17(21)11-10-16-18(12)22-19(24)20(16,13-4-2-3-5-13)14-6-8-15(23)9-7-14/h6-11,13,23H,2-5H2,1H3,(H,22,24). The Morgan fingerprint density at radius 3 is 2.46 bits per heavy atom. The van der Waals surface area contributed by atoms with Crippen LogP contribution in [0.3, 0.4) is 0 Å². The van der Waals surface area contributed by atoms with Crippen molar-refractivity contribution in [2.24, 2.45) is 5.92 Å². The Morgan fingerprint density at radius 2 is 1.79 bits per heavy atom. The monoisotopic (exact) mass is 325 g/mol. The highest BCUT2D eigenvalue weighted by Crippen LogP contribution is 2.53. The van der Waals surface area contributed by atoms with Gasteiger partial charge in [0.1, 0.15) is 17.0 Å². The molecule has 4 heteroatoms. The van der Waals surface area contributed by atoms with Crippen molar-refractivity contribution in [1.82, 2.24) is 0 Å². The molecular formula is C20H20FNO2. The normalized spacial score (nSPS) is 23.3. The lowest BCUT2D eigenvalue weighted by molar-refractivity contribution is -0.121. The molecular weight excluding hydrogens is 305 g/mol. The first-order valence-electron chi connectivity index (χ1n) is 8.45. The van der Waals surface area contributed by atoms with E-state index in [1.807, 2.05) is 12.1 Å². The van der Waals surface area contributed by atoms with Gasteiger partial charge >= 0.3 is 0 Å². The van der Waals surface area contributed by atoms with Crippen LogP contribution in [-0.2, 0) is 10.2 Å². The summed E-state index contributed by atoms with van der Waals surface area (Å²) in [6.07, 6.45) is 4.16. The van der Waals surface area contributed by atoms with E-state index >= 15 is 0 Å². The molecule has 0 spiro atoms. The van der Waals surface area contributed by atoms with Crippen molar-refractivity contribution in [1.29, 1.82) is 0 Å². The Balaban J connectivity index is 2.00. The number of amides is 1. The smallest absolute Gasteiger partial charge is 0.239 e. The first-order valence-corrected chi connectivity index (χ1v) is 8.45. The molecule has 0 radical (unpaired) electrons. The van der Waals surface area contributed by atoms with Crippen LogP contribution in [0.4, 0.5) is 10.1 Å². The largest absolute Gasteiger partial charge is 0.508 e. The van der Waals surface area contributed by atoms with E-state index in [-0.39, 0.29) is 23.4 Å². The Morgan fingerprint density at radius 1 is 1.12 bits per heavy atom. The van der Waals surface area contributed by atoms with Gasteiger partial charge in [-0.15, -0.1) is 0 Å². The predicted octanol–water partition coefficient (Wildman–Crippen LogP) is 4.27. The van der Waals surface area contributed by atoms with Crippen molar-refractivity contribution in [3.05, 3.63) is 58.9 Å². The molecule has 4 rings (SSSR count).